The fourth-order valence-electron chi connectivity index (χ4n) is 3.44. The van der Waals surface area contributed by atoms with Crippen molar-refractivity contribution < 1.29 is 22.4 Å². The van der Waals surface area contributed by atoms with Gasteiger partial charge in [-0.2, -0.15) is 4.31 Å². The molecular formula is C21H23ClFN3O4S. The molecule has 10 heteroatoms. The Hall–Kier alpha value is -2.49. The highest BCUT2D eigenvalue weighted by Gasteiger charge is 2.49. The highest BCUT2D eigenvalue weighted by molar-refractivity contribution is 7.88. The normalized spacial score (nSPS) is 20.0. The maximum Gasteiger partial charge on any atom is 0.247 e. The first-order valence-corrected chi connectivity index (χ1v) is 11.7. The molecule has 7 nitrogen and oxygen atoms in total. The number of benzene rings is 2. The molecule has 0 spiro atoms. The van der Waals surface area contributed by atoms with Crippen LogP contribution in [0.5, 0.6) is 0 Å². The second kappa shape index (κ2) is 8.94. The summed E-state index contributed by atoms with van der Waals surface area (Å²) in [6.45, 7) is 1.25. The van der Waals surface area contributed by atoms with Gasteiger partial charge in [-0.3, -0.25) is 9.59 Å². The Labute approximate surface area is 185 Å². The van der Waals surface area contributed by atoms with Gasteiger partial charge in [-0.1, -0.05) is 35.9 Å². The third kappa shape index (κ3) is 5.41. The van der Waals surface area contributed by atoms with Crippen LogP contribution in [0.1, 0.15) is 18.1 Å². The molecule has 1 aliphatic heterocycles. The first-order valence-electron chi connectivity index (χ1n) is 9.52. The predicted molar refractivity (Wildman–Crippen MR) is 115 cm³/mol. The number of amides is 2. The van der Waals surface area contributed by atoms with Gasteiger partial charge in [-0.25, -0.2) is 12.8 Å². The summed E-state index contributed by atoms with van der Waals surface area (Å²) in [6, 6.07) is 12.5. The van der Waals surface area contributed by atoms with E-state index in [-0.39, 0.29) is 26.2 Å². The summed E-state index contributed by atoms with van der Waals surface area (Å²) in [6.07, 6.45) is 1.01. The van der Waals surface area contributed by atoms with Gasteiger partial charge in [0, 0.05) is 24.7 Å². The van der Waals surface area contributed by atoms with E-state index in [0.29, 0.717) is 10.6 Å². The van der Waals surface area contributed by atoms with Crippen LogP contribution < -0.4 is 5.32 Å². The summed E-state index contributed by atoms with van der Waals surface area (Å²) < 4.78 is 38.4. The van der Waals surface area contributed by atoms with Gasteiger partial charge in [-0.05, 0) is 42.3 Å². The van der Waals surface area contributed by atoms with Crippen LogP contribution >= 0.6 is 11.6 Å². The molecule has 1 aliphatic rings. The number of sulfonamides is 1. The van der Waals surface area contributed by atoms with Crippen molar-refractivity contribution in [2.24, 2.45) is 0 Å². The lowest BCUT2D eigenvalue weighted by Crippen LogP contribution is -2.69. The molecule has 0 unspecified atom stereocenters. The number of rotatable bonds is 6. The Morgan fingerprint density at radius 2 is 1.71 bits per heavy atom. The van der Waals surface area contributed by atoms with E-state index in [1.165, 1.54) is 36.1 Å². The molecule has 0 aliphatic carbocycles. The molecule has 0 bridgehead atoms. The maximum atomic E-state index is 13.2. The largest absolute Gasteiger partial charge is 0.350 e. The van der Waals surface area contributed by atoms with Crippen molar-refractivity contribution >= 4 is 33.4 Å². The van der Waals surface area contributed by atoms with Gasteiger partial charge in [0.15, 0.2) is 0 Å². The van der Waals surface area contributed by atoms with Crippen molar-refractivity contribution in [2.75, 3.05) is 19.3 Å². The van der Waals surface area contributed by atoms with Crippen molar-refractivity contribution in [1.29, 1.82) is 0 Å². The van der Waals surface area contributed by atoms with E-state index in [1.54, 1.807) is 24.3 Å². The lowest BCUT2D eigenvalue weighted by Gasteiger charge is -2.46. The minimum atomic E-state index is -3.69. The molecule has 1 saturated heterocycles. The number of nitrogens with zero attached hydrogens (tertiary/aromatic N) is 2. The Morgan fingerprint density at radius 3 is 2.29 bits per heavy atom. The summed E-state index contributed by atoms with van der Waals surface area (Å²) in [5.41, 5.74) is -0.0224. The first kappa shape index (κ1) is 23.2. The molecule has 1 fully saturated rings. The zero-order valence-corrected chi connectivity index (χ0v) is 18.7. The molecule has 3 rings (SSSR count). The number of piperazine rings is 1. The Kier molecular flexibility index (Phi) is 6.68. The predicted octanol–water partition coefficient (Wildman–Crippen LogP) is 2.16. The second-order valence-electron chi connectivity index (χ2n) is 7.72. The monoisotopic (exact) mass is 467 g/mol. The van der Waals surface area contributed by atoms with Crippen molar-refractivity contribution in [3.63, 3.8) is 0 Å². The van der Waals surface area contributed by atoms with Crippen LogP contribution in [0.15, 0.2) is 48.5 Å². The lowest BCUT2D eigenvalue weighted by atomic mass is 9.94. The summed E-state index contributed by atoms with van der Waals surface area (Å²) >= 11 is 5.93. The van der Waals surface area contributed by atoms with Crippen LogP contribution in [0.2, 0.25) is 5.02 Å². The summed E-state index contributed by atoms with van der Waals surface area (Å²) in [5.74, 6) is -1.38. The molecule has 1 heterocycles. The van der Waals surface area contributed by atoms with Gasteiger partial charge < -0.3 is 10.2 Å². The van der Waals surface area contributed by atoms with Gasteiger partial charge in [0.2, 0.25) is 21.8 Å². The number of carbonyl (C=O) groups is 2. The Balaban J connectivity index is 1.87. The van der Waals surface area contributed by atoms with E-state index in [1.807, 2.05) is 0 Å². The van der Waals surface area contributed by atoms with E-state index in [4.69, 9.17) is 11.6 Å². The average molecular weight is 468 g/mol. The molecule has 166 valence electrons. The van der Waals surface area contributed by atoms with E-state index in [2.05, 4.69) is 5.32 Å². The van der Waals surface area contributed by atoms with Crippen molar-refractivity contribution in [3.05, 3.63) is 70.5 Å². The zero-order chi connectivity index (χ0) is 22.8. The van der Waals surface area contributed by atoms with Crippen molar-refractivity contribution in [3.8, 4) is 0 Å². The third-order valence-electron chi connectivity index (χ3n) is 5.27. The molecule has 0 radical (unpaired) electrons. The summed E-state index contributed by atoms with van der Waals surface area (Å²) in [7, 11) is -3.69. The van der Waals surface area contributed by atoms with E-state index >= 15 is 0 Å². The molecular weight excluding hydrogens is 445 g/mol. The van der Waals surface area contributed by atoms with Gasteiger partial charge in [0.05, 0.1) is 12.8 Å². The van der Waals surface area contributed by atoms with Gasteiger partial charge in [0.25, 0.3) is 0 Å². The summed E-state index contributed by atoms with van der Waals surface area (Å²) in [5, 5.41) is 3.29. The van der Waals surface area contributed by atoms with Gasteiger partial charge in [0.1, 0.15) is 11.4 Å². The van der Waals surface area contributed by atoms with Crippen LogP contribution in [0.25, 0.3) is 0 Å². The minimum absolute atomic E-state index is 0.108. The number of nitrogens with one attached hydrogen (secondary N) is 1. The molecule has 31 heavy (non-hydrogen) atoms. The fraction of sp³-hybridized carbons (Fsp3) is 0.333. The molecule has 2 aromatic carbocycles. The molecule has 2 aromatic rings. The van der Waals surface area contributed by atoms with Crippen LogP contribution in [-0.4, -0.2) is 54.3 Å². The number of carbonyl (C=O) groups excluding carboxylic acids is 2. The van der Waals surface area contributed by atoms with Crippen LogP contribution in [0, 0.1) is 5.82 Å². The molecule has 1 N–H and O–H groups in total. The smallest absolute Gasteiger partial charge is 0.247 e. The average Bonchev–Trinajstić information content (AvgIpc) is 2.70. The second-order valence-corrected chi connectivity index (χ2v) is 10.1. The van der Waals surface area contributed by atoms with Crippen LogP contribution in [0.4, 0.5) is 4.39 Å². The lowest BCUT2D eigenvalue weighted by molar-refractivity contribution is -0.153. The number of halogens is 2. The maximum absolute atomic E-state index is 13.2. The van der Waals surface area contributed by atoms with Gasteiger partial charge in [-0.15, -0.1) is 0 Å². The van der Waals surface area contributed by atoms with Crippen molar-refractivity contribution in [1.82, 2.24) is 14.5 Å². The van der Waals surface area contributed by atoms with Crippen LogP contribution in [-0.2, 0) is 32.7 Å². The topological polar surface area (TPSA) is 86.8 Å². The molecule has 0 saturated carbocycles. The first-order chi connectivity index (χ1) is 14.5. The highest BCUT2D eigenvalue weighted by Crippen LogP contribution is 2.27. The van der Waals surface area contributed by atoms with Crippen molar-refractivity contribution in [2.45, 2.75) is 25.6 Å². The fourth-order valence-corrected chi connectivity index (χ4v) is 4.39. The summed E-state index contributed by atoms with van der Waals surface area (Å²) in [4.78, 5) is 27.5. The van der Waals surface area contributed by atoms with Crippen LogP contribution in [0.3, 0.4) is 0 Å². The quantitative estimate of drug-likeness (QED) is 0.705. The van der Waals surface area contributed by atoms with E-state index < -0.39 is 33.2 Å². The van der Waals surface area contributed by atoms with E-state index in [0.717, 1.165) is 16.1 Å². The number of hydrogen-bond acceptors (Lipinski definition) is 4. The highest BCUT2D eigenvalue weighted by atomic mass is 35.5. The Morgan fingerprint density at radius 1 is 1.13 bits per heavy atom. The number of hydrogen-bond donors (Lipinski definition) is 1. The molecule has 0 aromatic heterocycles. The molecule has 2 amide bonds. The minimum Gasteiger partial charge on any atom is -0.350 e. The standard InChI is InChI=1S/C21H23ClFN3O4S/c1-21(20(28)24-11-15-5-9-18(23)10-6-15)14-25(31(2,29)30)13-19(27)26(21)12-16-3-7-17(22)8-4-16/h3-10H,11-14H2,1-2H3,(H,24,28)/t21-/m1/s1. The van der Waals surface area contributed by atoms with E-state index in [9.17, 15) is 22.4 Å². The Bertz CT molecular complexity index is 1080. The third-order valence-corrected chi connectivity index (χ3v) is 6.72. The molecule has 1 atom stereocenters. The zero-order valence-electron chi connectivity index (χ0n) is 17.1. The van der Waals surface area contributed by atoms with Gasteiger partial charge >= 0.3 is 0 Å². The SMILES string of the molecule is C[C@]1(C(=O)NCc2ccc(F)cc2)CN(S(C)(=O)=O)CC(=O)N1Cc1ccc(Cl)cc1.